The van der Waals surface area contributed by atoms with Crippen molar-refractivity contribution < 1.29 is 4.79 Å². The number of benzene rings is 2. The molecule has 0 spiro atoms. The van der Waals surface area contributed by atoms with E-state index in [1.807, 2.05) is 54.6 Å². The Morgan fingerprint density at radius 3 is 2.14 bits per heavy atom. The smallest absolute Gasteiger partial charge is 0.220 e. The van der Waals surface area contributed by atoms with Crippen molar-refractivity contribution in [2.24, 2.45) is 0 Å². The number of carbonyl (C=O) groups is 1. The maximum absolute atomic E-state index is 11.2. The van der Waals surface area contributed by atoms with Crippen LogP contribution in [-0.2, 0) is 11.2 Å². The van der Waals surface area contributed by atoms with Crippen LogP contribution in [0.1, 0.15) is 12.0 Å². The third kappa shape index (κ3) is 5.18. The van der Waals surface area contributed by atoms with Crippen molar-refractivity contribution >= 4 is 34.6 Å². The molecule has 0 unspecified atom stereocenters. The average molecular weight is 313 g/mol. The first-order chi connectivity index (χ1) is 10.7. The van der Waals surface area contributed by atoms with Crippen LogP contribution in [0.2, 0.25) is 0 Å². The topological polar surface area (TPSA) is 53.2 Å². The number of aryl methyl sites for hydroxylation is 1. The molecular weight excluding hydrogens is 294 g/mol. The van der Waals surface area contributed by atoms with Gasteiger partial charge in [0.2, 0.25) is 5.91 Å². The highest BCUT2D eigenvalue weighted by atomic mass is 32.1. The third-order valence-corrected chi connectivity index (χ3v) is 3.37. The standard InChI is InChI=1S/C17H19N3OS/c1-18-16(21)12-9-13-7-10-15(11-8-13)20-17(22)19-14-5-3-2-4-6-14/h2-8,10-11H,9,12H2,1H3,(H,18,21)(H2,19,20,22). The first-order valence-electron chi connectivity index (χ1n) is 7.10. The molecule has 0 saturated carbocycles. The summed E-state index contributed by atoms with van der Waals surface area (Å²) < 4.78 is 0. The van der Waals surface area contributed by atoms with Crippen LogP contribution in [0.3, 0.4) is 0 Å². The lowest BCUT2D eigenvalue weighted by Crippen LogP contribution is -2.19. The number of amides is 1. The number of thiocarbonyl (C=S) groups is 1. The SMILES string of the molecule is CNC(=O)CCc1ccc(NC(=S)Nc2ccccc2)cc1. The lowest BCUT2D eigenvalue weighted by atomic mass is 10.1. The van der Waals surface area contributed by atoms with Crippen LogP contribution in [0.15, 0.2) is 54.6 Å². The Hall–Kier alpha value is -2.40. The van der Waals surface area contributed by atoms with Crippen LogP contribution in [-0.4, -0.2) is 18.1 Å². The average Bonchev–Trinajstić information content (AvgIpc) is 2.54. The lowest BCUT2D eigenvalue weighted by molar-refractivity contribution is -0.120. The zero-order chi connectivity index (χ0) is 15.8. The number of anilines is 2. The number of para-hydroxylation sites is 1. The van der Waals surface area contributed by atoms with Gasteiger partial charge in [-0.3, -0.25) is 4.79 Å². The van der Waals surface area contributed by atoms with Crippen LogP contribution in [0.4, 0.5) is 11.4 Å². The first kappa shape index (κ1) is 16.0. The van der Waals surface area contributed by atoms with Crippen molar-refractivity contribution in [2.75, 3.05) is 17.7 Å². The number of hydrogen-bond donors (Lipinski definition) is 3. The molecule has 0 aliphatic heterocycles. The zero-order valence-corrected chi connectivity index (χ0v) is 13.2. The summed E-state index contributed by atoms with van der Waals surface area (Å²) in [7, 11) is 1.65. The van der Waals surface area contributed by atoms with E-state index in [0.29, 0.717) is 11.5 Å². The van der Waals surface area contributed by atoms with Crippen molar-refractivity contribution in [1.29, 1.82) is 0 Å². The van der Waals surface area contributed by atoms with Gasteiger partial charge in [0, 0.05) is 24.8 Å². The zero-order valence-electron chi connectivity index (χ0n) is 12.4. The van der Waals surface area contributed by atoms with Gasteiger partial charge in [-0.25, -0.2) is 0 Å². The molecule has 0 aliphatic rings. The molecule has 2 rings (SSSR count). The Kier molecular flexibility index (Phi) is 5.91. The molecule has 0 radical (unpaired) electrons. The van der Waals surface area contributed by atoms with Gasteiger partial charge in [0.1, 0.15) is 0 Å². The molecule has 0 heterocycles. The van der Waals surface area contributed by atoms with E-state index in [-0.39, 0.29) is 5.91 Å². The highest BCUT2D eigenvalue weighted by molar-refractivity contribution is 7.80. The second-order valence-electron chi connectivity index (χ2n) is 4.82. The maximum atomic E-state index is 11.2. The van der Waals surface area contributed by atoms with Crippen LogP contribution >= 0.6 is 12.2 Å². The summed E-state index contributed by atoms with van der Waals surface area (Å²) in [6.07, 6.45) is 1.23. The summed E-state index contributed by atoms with van der Waals surface area (Å²) in [6, 6.07) is 17.7. The first-order valence-corrected chi connectivity index (χ1v) is 7.51. The number of hydrogen-bond acceptors (Lipinski definition) is 2. The van der Waals surface area contributed by atoms with Crippen molar-refractivity contribution in [3.63, 3.8) is 0 Å². The Morgan fingerprint density at radius 2 is 1.55 bits per heavy atom. The van der Waals surface area contributed by atoms with Gasteiger partial charge in [0.15, 0.2) is 5.11 Å². The van der Waals surface area contributed by atoms with Crippen molar-refractivity contribution in [3.05, 3.63) is 60.2 Å². The molecule has 3 N–H and O–H groups in total. The minimum atomic E-state index is 0.0513. The maximum Gasteiger partial charge on any atom is 0.220 e. The monoisotopic (exact) mass is 313 g/mol. The summed E-state index contributed by atoms with van der Waals surface area (Å²) in [6.45, 7) is 0. The van der Waals surface area contributed by atoms with Crippen molar-refractivity contribution in [3.8, 4) is 0 Å². The van der Waals surface area contributed by atoms with E-state index in [1.54, 1.807) is 7.05 Å². The van der Waals surface area contributed by atoms with Crippen molar-refractivity contribution in [1.82, 2.24) is 5.32 Å². The fraction of sp³-hybridized carbons (Fsp3) is 0.176. The summed E-state index contributed by atoms with van der Waals surface area (Å²) in [4.78, 5) is 11.2. The van der Waals surface area contributed by atoms with Crippen LogP contribution in [0, 0.1) is 0 Å². The van der Waals surface area contributed by atoms with Gasteiger partial charge in [-0.15, -0.1) is 0 Å². The van der Waals surface area contributed by atoms with Gasteiger partial charge in [0.25, 0.3) is 0 Å². The summed E-state index contributed by atoms with van der Waals surface area (Å²) in [5, 5.41) is 9.42. The number of rotatable bonds is 5. The van der Waals surface area contributed by atoms with Gasteiger partial charge >= 0.3 is 0 Å². The third-order valence-electron chi connectivity index (χ3n) is 3.16. The number of carbonyl (C=O) groups excluding carboxylic acids is 1. The molecule has 0 aromatic heterocycles. The molecule has 0 aliphatic carbocycles. The quantitative estimate of drug-likeness (QED) is 0.742. The molecular formula is C17H19N3OS. The summed E-state index contributed by atoms with van der Waals surface area (Å²) in [5.41, 5.74) is 2.98. The summed E-state index contributed by atoms with van der Waals surface area (Å²) >= 11 is 5.28. The Morgan fingerprint density at radius 1 is 0.955 bits per heavy atom. The van der Waals surface area contributed by atoms with E-state index in [9.17, 15) is 4.79 Å². The molecule has 5 heteroatoms. The normalized spacial score (nSPS) is 9.86. The highest BCUT2D eigenvalue weighted by Crippen LogP contribution is 2.12. The molecule has 2 aromatic rings. The lowest BCUT2D eigenvalue weighted by Gasteiger charge is -2.11. The predicted octanol–water partition coefficient (Wildman–Crippen LogP) is 3.17. The van der Waals surface area contributed by atoms with Crippen LogP contribution in [0.25, 0.3) is 0 Å². The van der Waals surface area contributed by atoms with Gasteiger partial charge in [0.05, 0.1) is 0 Å². The molecule has 0 saturated heterocycles. The van der Waals surface area contributed by atoms with E-state index in [0.717, 1.165) is 23.4 Å². The van der Waals surface area contributed by atoms with Crippen molar-refractivity contribution in [2.45, 2.75) is 12.8 Å². The van der Waals surface area contributed by atoms with E-state index < -0.39 is 0 Å². The fourth-order valence-corrected chi connectivity index (χ4v) is 2.19. The van der Waals surface area contributed by atoms with Gasteiger partial charge < -0.3 is 16.0 Å². The van der Waals surface area contributed by atoms with Gasteiger partial charge in [-0.05, 0) is 48.5 Å². The Labute approximate surface area is 135 Å². The second kappa shape index (κ2) is 8.14. The Bertz CT molecular complexity index is 626. The summed E-state index contributed by atoms with van der Waals surface area (Å²) in [5.74, 6) is 0.0513. The fourth-order valence-electron chi connectivity index (χ4n) is 1.95. The molecule has 0 atom stereocenters. The highest BCUT2D eigenvalue weighted by Gasteiger charge is 2.01. The van der Waals surface area contributed by atoms with E-state index >= 15 is 0 Å². The largest absolute Gasteiger partial charge is 0.359 e. The van der Waals surface area contributed by atoms with Crippen LogP contribution < -0.4 is 16.0 Å². The second-order valence-corrected chi connectivity index (χ2v) is 5.22. The molecule has 4 nitrogen and oxygen atoms in total. The minimum absolute atomic E-state index is 0.0513. The van der Waals surface area contributed by atoms with E-state index in [1.165, 1.54) is 0 Å². The van der Waals surface area contributed by atoms with E-state index in [2.05, 4.69) is 16.0 Å². The molecule has 1 amide bonds. The Balaban J connectivity index is 1.85. The van der Waals surface area contributed by atoms with E-state index in [4.69, 9.17) is 12.2 Å². The van der Waals surface area contributed by atoms with Gasteiger partial charge in [-0.2, -0.15) is 0 Å². The molecule has 114 valence electrons. The van der Waals surface area contributed by atoms with Gasteiger partial charge in [-0.1, -0.05) is 30.3 Å². The number of nitrogens with one attached hydrogen (secondary N) is 3. The predicted molar refractivity (Wildman–Crippen MR) is 95.1 cm³/mol. The molecule has 2 aromatic carbocycles. The minimum Gasteiger partial charge on any atom is -0.359 e. The van der Waals surface area contributed by atoms with Crippen LogP contribution in [0.5, 0.6) is 0 Å². The molecule has 0 bridgehead atoms. The molecule has 0 fully saturated rings. The molecule has 22 heavy (non-hydrogen) atoms.